The van der Waals surface area contributed by atoms with Crippen molar-refractivity contribution < 1.29 is 23.1 Å². The van der Waals surface area contributed by atoms with Crippen LogP contribution in [-0.4, -0.2) is 36.8 Å². The van der Waals surface area contributed by atoms with Crippen LogP contribution in [0.5, 0.6) is 5.75 Å². The molecule has 1 unspecified atom stereocenters. The number of amides is 1. The van der Waals surface area contributed by atoms with Gasteiger partial charge in [0.15, 0.2) is 0 Å². The third kappa shape index (κ3) is 5.12. The quantitative estimate of drug-likeness (QED) is 0.571. The molecule has 0 aromatic heterocycles. The maximum absolute atomic E-state index is 14.9. The second kappa shape index (κ2) is 9.57. The Hall–Kier alpha value is -2.47. The number of likely N-dealkylation sites (tertiary alicyclic amines) is 1. The molecule has 2 aliphatic rings. The molecule has 7 heteroatoms. The van der Waals surface area contributed by atoms with Gasteiger partial charge in [-0.1, -0.05) is 23.7 Å². The van der Waals surface area contributed by atoms with Crippen molar-refractivity contribution in [2.45, 2.75) is 38.0 Å². The maximum Gasteiger partial charge on any atom is 0.225 e. The van der Waals surface area contributed by atoms with E-state index in [1.165, 1.54) is 19.2 Å². The van der Waals surface area contributed by atoms with Crippen LogP contribution in [0.1, 0.15) is 42.7 Å². The average molecular weight is 462 g/mol. The van der Waals surface area contributed by atoms with E-state index in [2.05, 4.69) is 0 Å². The molecular formula is C25H26ClF2NO3. The highest BCUT2D eigenvalue weighted by molar-refractivity contribution is 6.30. The van der Waals surface area contributed by atoms with Crippen LogP contribution in [0.2, 0.25) is 5.02 Å². The van der Waals surface area contributed by atoms with Gasteiger partial charge in [-0.3, -0.25) is 9.59 Å². The summed E-state index contributed by atoms with van der Waals surface area (Å²) in [5.41, 5.74) is 0.813. The van der Waals surface area contributed by atoms with Crippen molar-refractivity contribution in [2.24, 2.45) is 11.8 Å². The summed E-state index contributed by atoms with van der Waals surface area (Å²) in [6.07, 6.45) is 2.55. The second-order valence-corrected chi connectivity index (χ2v) is 9.20. The summed E-state index contributed by atoms with van der Waals surface area (Å²) in [5.74, 6) is -1.96. The first-order valence-corrected chi connectivity index (χ1v) is 11.3. The molecular weight excluding hydrogens is 436 g/mol. The minimum atomic E-state index is -0.677. The van der Waals surface area contributed by atoms with E-state index in [1.807, 2.05) is 0 Å². The van der Waals surface area contributed by atoms with Gasteiger partial charge < -0.3 is 9.64 Å². The molecule has 1 saturated heterocycles. The fourth-order valence-electron chi connectivity index (χ4n) is 4.64. The van der Waals surface area contributed by atoms with E-state index in [9.17, 15) is 18.4 Å². The normalized spacial score (nSPS) is 20.8. The van der Waals surface area contributed by atoms with E-state index in [-0.39, 0.29) is 47.7 Å². The van der Waals surface area contributed by atoms with E-state index in [4.69, 9.17) is 16.3 Å². The van der Waals surface area contributed by atoms with Crippen molar-refractivity contribution >= 4 is 23.3 Å². The van der Waals surface area contributed by atoms with Gasteiger partial charge in [0.05, 0.1) is 7.11 Å². The molecule has 0 spiro atoms. The number of ether oxygens (including phenoxy) is 1. The molecule has 0 radical (unpaired) electrons. The number of hydrogen-bond donors (Lipinski definition) is 0. The molecule has 1 aliphatic carbocycles. The predicted molar refractivity (Wildman–Crippen MR) is 118 cm³/mol. The summed E-state index contributed by atoms with van der Waals surface area (Å²) in [6.45, 7) is 0.768. The summed E-state index contributed by atoms with van der Waals surface area (Å²) in [7, 11) is 1.36. The van der Waals surface area contributed by atoms with E-state index in [1.54, 1.807) is 29.2 Å². The van der Waals surface area contributed by atoms with Crippen LogP contribution in [0.15, 0.2) is 36.4 Å². The number of hydrogen-bond acceptors (Lipinski definition) is 3. The highest BCUT2D eigenvalue weighted by Crippen LogP contribution is 2.41. The fourth-order valence-corrected chi connectivity index (χ4v) is 4.76. The van der Waals surface area contributed by atoms with Crippen LogP contribution in [0.25, 0.3) is 0 Å². The van der Waals surface area contributed by atoms with Gasteiger partial charge in [-0.15, -0.1) is 0 Å². The van der Waals surface area contributed by atoms with Gasteiger partial charge in [0.2, 0.25) is 5.91 Å². The topological polar surface area (TPSA) is 46.6 Å². The van der Waals surface area contributed by atoms with Gasteiger partial charge in [0.1, 0.15) is 23.2 Å². The monoisotopic (exact) mass is 461 g/mol. The number of rotatable bonds is 7. The summed E-state index contributed by atoms with van der Waals surface area (Å²) < 4.78 is 34.7. The Labute approximate surface area is 191 Å². The standard InChI is InChI=1S/C25H26ClF2NO3/c1-32-20-12-22(27)24(23(28)13-20)21-8-9-29(25(31)16-4-5-16)14-17(21)11-19(30)10-15-2-6-18(26)7-3-15/h2-3,6-7,12-13,16-17,21H,4-5,8-11,14H2,1H3/t17-,21?/m1/s1. The number of benzene rings is 2. The Balaban J connectivity index is 1.56. The van der Waals surface area contributed by atoms with Crippen LogP contribution in [0, 0.1) is 23.5 Å². The van der Waals surface area contributed by atoms with Crippen LogP contribution >= 0.6 is 11.6 Å². The highest BCUT2D eigenvalue weighted by atomic mass is 35.5. The zero-order chi connectivity index (χ0) is 22.8. The third-order valence-electron chi connectivity index (χ3n) is 6.44. The van der Waals surface area contributed by atoms with E-state index < -0.39 is 17.6 Å². The van der Waals surface area contributed by atoms with Gasteiger partial charge in [0.25, 0.3) is 0 Å². The smallest absolute Gasteiger partial charge is 0.225 e. The number of Topliss-reactive ketones (excluding diaryl/α,β-unsaturated/α-hetero) is 1. The number of carbonyl (C=O) groups is 2. The molecule has 4 rings (SSSR count). The lowest BCUT2D eigenvalue weighted by Crippen LogP contribution is -2.44. The van der Waals surface area contributed by atoms with Crippen molar-refractivity contribution in [3.63, 3.8) is 0 Å². The van der Waals surface area contributed by atoms with Crippen LogP contribution in [-0.2, 0) is 16.0 Å². The molecule has 2 fully saturated rings. The Morgan fingerprint density at radius 1 is 1.09 bits per heavy atom. The maximum atomic E-state index is 14.9. The van der Waals surface area contributed by atoms with Crippen molar-refractivity contribution in [1.82, 2.24) is 4.90 Å². The molecule has 0 N–H and O–H groups in total. The Kier molecular flexibility index (Phi) is 6.79. The third-order valence-corrected chi connectivity index (χ3v) is 6.69. The Morgan fingerprint density at radius 3 is 2.34 bits per heavy atom. The zero-order valence-corrected chi connectivity index (χ0v) is 18.7. The van der Waals surface area contributed by atoms with E-state index in [0.29, 0.717) is 24.5 Å². The summed E-state index contributed by atoms with van der Waals surface area (Å²) in [4.78, 5) is 27.3. The van der Waals surface area contributed by atoms with Gasteiger partial charge in [-0.2, -0.15) is 0 Å². The number of methoxy groups -OCH3 is 1. The van der Waals surface area contributed by atoms with E-state index in [0.717, 1.165) is 18.4 Å². The summed E-state index contributed by atoms with van der Waals surface area (Å²) >= 11 is 5.92. The molecule has 32 heavy (non-hydrogen) atoms. The molecule has 2 atom stereocenters. The number of ketones is 1. The predicted octanol–water partition coefficient (Wildman–Crippen LogP) is 5.17. The first-order chi connectivity index (χ1) is 15.4. The molecule has 1 aliphatic heterocycles. The number of carbonyl (C=O) groups excluding carboxylic acids is 2. The van der Waals surface area contributed by atoms with Gasteiger partial charge >= 0.3 is 0 Å². The number of halogens is 3. The lowest BCUT2D eigenvalue weighted by molar-refractivity contribution is -0.135. The first kappa shape index (κ1) is 22.7. The zero-order valence-electron chi connectivity index (χ0n) is 18.0. The molecule has 4 nitrogen and oxygen atoms in total. The summed E-state index contributed by atoms with van der Waals surface area (Å²) in [6, 6.07) is 9.39. The van der Waals surface area contributed by atoms with Crippen molar-refractivity contribution in [2.75, 3.05) is 20.2 Å². The molecule has 1 amide bonds. The summed E-state index contributed by atoms with van der Waals surface area (Å²) in [5, 5.41) is 0.591. The van der Waals surface area contributed by atoms with Gasteiger partial charge in [-0.05, 0) is 48.8 Å². The van der Waals surface area contributed by atoms with Gasteiger partial charge in [0, 0.05) is 54.6 Å². The van der Waals surface area contributed by atoms with Crippen LogP contribution < -0.4 is 4.74 Å². The molecule has 1 heterocycles. The minimum Gasteiger partial charge on any atom is -0.497 e. The van der Waals surface area contributed by atoms with Gasteiger partial charge in [-0.25, -0.2) is 8.78 Å². The largest absolute Gasteiger partial charge is 0.497 e. The molecule has 2 aromatic rings. The first-order valence-electron chi connectivity index (χ1n) is 10.9. The average Bonchev–Trinajstić information content (AvgIpc) is 3.60. The van der Waals surface area contributed by atoms with Crippen molar-refractivity contribution in [3.8, 4) is 5.75 Å². The van der Waals surface area contributed by atoms with Crippen LogP contribution in [0.3, 0.4) is 0 Å². The highest BCUT2D eigenvalue weighted by Gasteiger charge is 2.40. The molecule has 2 aromatic carbocycles. The Morgan fingerprint density at radius 2 is 1.75 bits per heavy atom. The lowest BCUT2D eigenvalue weighted by atomic mass is 9.77. The lowest BCUT2D eigenvalue weighted by Gasteiger charge is -2.39. The minimum absolute atomic E-state index is 0.0198. The van der Waals surface area contributed by atoms with Crippen molar-refractivity contribution in [1.29, 1.82) is 0 Å². The molecule has 170 valence electrons. The van der Waals surface area contributed by atoms with Crippen molar-refractivity contribution in [3.05, 3.63) is 64.2 Å². The number of nitrogens with zero attached hydrogens (tertiary/aromatic N) is 1. The van der Waals surface area contributed by atoms with E-state index >= 15 is 0 Å². The second-order valence-electron chi connectivity index (χ2n) is 8.76. The molecule has 0 bridgehead atoms. The molecule has 1 saturated carbocycles. The Bertz CT molecular complexity index is 984. The fraction of sp³-hybridized carbons (Fsp3) is 0.440. The SMILES string of the molecule is COc1cc(F)c(C2CCN(C(=O)C3CC3)C[C@H]2CC(=O)Cc2ccc(Cl)cc2)c(F)c1. The number of piperidine rings is 1. The van der Waals surface area contributed by atoms with Crippen LogP contribution in [0.4, 0.5) is 8.78 Å².